The second-order valence-electron chi connectivity index (χ2n) is 5.93. The molecule has 1 N–H and O–H groups in total. The Morgan fingerprint density at radius 3 is 2.65 bits per heavy atom. The Labute approximate surface area is 140 Å². The van der Waals surface area contributed by atoms with E-state index in [2.05, 4.69) is 6.92 Å². The summed E-state index contributed by atoms with van der Waals surface area (Å²) >= 11 is 0. The van der Waals surface area contributed by atoms with Crippen LogP contribution in [-0.2, 0) is 11.2 Å². The average molecular weight is 318 g/mol. The molecule has 0 aliphatic carbocycles. The van der Waals surface area contributed by atoms with Gasteiger partial charge in [0.15, 0.2) is 17.3 Å². The fourth-order valence-corrected chi connectivity index (χ4v) is 2.51. The van der Waals surface area contributed by atoms with Crippen molar-refractivity contribution in [2.24, 2.45) is 0 Å². The van der Waals surface area contributed by atoms with Crippen molar-refractivity contribution in [2.45, 2.75) is 64.7 Å². The summed E-state index contributed by atoms with van der Waals surface area (Å²) in [5.41, 5.74) is 1.09. The molecule has 0 aromatic heterocycles. The fraction of sp³-hybridized carbons (Fsp3) is 0.550. The molecule has 1 rings (SSSR count). The van der Waals surface area contributed by atoms with E-state index in [0.717, 1.165) is 31.2 Å². The van der Waals surface area contributed by atoms with Crippen molar-refractivity contribution in [2.75, 3.05) is 7.11 Å². The van der Waals surface area contributed by atoms with Gasteiger partial charge >= 0.3 is 0 Å². The molecular weight excluding hydrogens is 288 g/mol. The number of unbranched alkanes of at least 4 members (excludes halogenated alkanes) is 5. The normalized spacial score (nSPS) is 11.0. The van der Waals surface area contributed by atoms with E-state index >= 15 is 0 Å². The molecule has 0 saturated carbocycles. The van der Waals surface area contributed by atoms with Crippen molar-refractivity contribution >= 4 is 5.78 Å². The maximum atomic E-state index is 11.7. The van der Waals surface area contributed by atoms with E-state index in [1.165, 1.54) is 25.7 Å². The molecule has 0 unspecified atom stereocenters. The van der Waals surface area contributed by atoms with Gasteiger partial charge in [-0.2, -0.15) is 0 Å². The molecule has 0 saturated heterocycles. The summed E-state index contributed by atoms with van der Waals surface area (Å²) in [6.07, 6.45) is 13.2. The van der Waals surface area contributed by atoms with Gasteiger partial charge in [0.05, 0.1) is 7.11 Å². The van der Waals surface area contributed by atoms with Gasteiger partial charge in [-0.15, -0.1) is 0 Å². The first-order chi connectivity index (χ1) is 11.2. The molecule has 0 aliphatic heterocycles. The largest absolute Gasteiger partial charge is 0.504 e. The van der Waals surface area contributed by atoms with Crippen molar-refractivity contribution in [3.05, 3.63) is 35.9 Å². The highest BCUT2D eigenvalue weighted by Crippen LogP contribution is 2.26. The van der Waals surface area contributed by atoms with Crippen LogP contribution in [0.1, 0.15) is 63.9 Å². The molecule has 3 nitrogen and oxygen atoms in total. The highest BCUT2D eigenvalue weighted by molar-refractivity contribution is 5.89. The molecule has 0 aliphatic rings. The molecule has 1 aromatic carbocycles. The molecule has 0 amide bonds. The number of rotatable bonds is 12. The number of ketones is 1. The first kappa shape index (κ1) is 19.3. The van der Waals surface area contributed by atoms with Crippen LogP contribution in [0.2, 0.25) is 0 Å². The van der Waals surface area contributed by atoms with E-state index < -0.39 is 0 Å². The van der Waals surface area contributed by atoms with Gasteiger partial charge in [0.1, 0.15) is 0 Å². The molecule has 0 radical (unpaired) electrons. The summed E-state index contributed by atoms with van der Waals surface area (Å²) in [7, 11) is 1.54. The zero-order valence-corrected chi connectivity index (χ0v) is 14.5. The molecule has 0 spiro atoms. The minimum atomic E-state index is 0.154. The molecular formula is C20H30O3. The number of hydrogen-bond acceptors (Lipinski definition) is 3. The second-order valence-corrected chi connectivity index (χ2v) is 5.93. The summed E-state index contributed by atoms with van der Waals surface area (Å²) in [6.45, 7) is 2.21. The Morgan fingerprint density at radius 2 is 1.91 bits per heavy atom. The summed E-state index contributed by atoms with van der Waals surface area (Å²) in [4.78, 5) is 11.7. The molecule has 3 heteroatoms. The van der Waals surface area contributed by atoms with Gasteiger partial charge < -0.3 is 9.84 Å². The SMILES string of the molecule is CCCCCCCCC(=O)C=CCCc1ccc(O)c(OC)c1. The lowest BCUT2D eigenvalue weighted by molar-refractivity contribution is -0.114. The topological polar surface area (TPSA) is 46.5 Å². The van der Waals surface area contributed by atoms with Crippen LogP contribution in [0.15, 0.2) is 30.4 Å². The van der Waals surface area contributed by atoms with Crippen LogP contribution in [0.5, 0.6) is 11.5 Å². The molecule has 0 bridgehead atoms. The maximum absolute atomic E-state index is 11.7. The van der Waals surface area contributed by atoms with Crippen LogP contribution < -0.4 is 4.74 Å². The van der Waals surface area contributed by atoms with Crippen molar-refractivity contribution in [3.63, 3.8) is 0 Å². The maximum Gasteiger partial charge on any atom is 0.160 e. The summed E-state index contributed by atoms with van der Waals surface area (Å²) in [6, 6.07) is 5.35. The molecule has 0 fully saturated rings. The van der Waals surface area contributed by atoms with Crippen molar-refractivity contribution in [3.8, 4) is 11.5 Å². The Kier molecular flexibility index (Phi) is 9.85. The van der Waals surface area contributed by atoms with E-state index in [9.17, 15) is 9.90 Å². The number of aryl methyl sites for hydroxylation is 1. The number of methoxy groups -OCH3 is 1. The average Bonchev–Trinajstić information content (AvgIpc) is 2.56. The summed E-state index contributed by atoms with van der Waals surface area (Å²) in [5.74, 6) is 0.871. The van der Waals surface area contributed by atoms with Crippen LogP contribution in [0.4, 0.5) is 0 Å². The quantitative estimate of drug-likeness (QED) is 0.425. The molecule has 0 atom stereocenters. The fourth-order valence-electron chi connectivity index (χ4n) is 2.51. The van der Waals surface area contributed by atoms with Crippen molar-refractivity contribution < 1.29 is 14.6 Å². The number of allylic oxidation sites excluding steroid dienone is 2. The number of aromatic hydroxyl groups is 1. The number of phenols is 1. The molecule has 0 heterocycles. The van der Waals surface area contributed by atoms with E-state index in [1.54, 1.807) is 19.3 Å². The van der Waals surface area contributed by atoms with Crippen LogP contribution in [0, 0.1) is 0 Å². The van der Waals surface area contributed by atoms with Gasteiger partial charge in [-0.05, 0) is 43.0 Å². The van der Waals surface area contributed by atoms with Gasteiger partial charge in [0, 0.05) is 6.42 Å². The van der Waals surface area contributed by atoms with E-state index in [4.69, 9.17) is 4.74 Å². The first-order valence-corrected chi connectivity index (χ1v) is 8.72. The number of phenolic OH excluding ortho intramolecular Hbond substituents is 1. The number of carbonyl (C=O) groups is 1. The van der Waals surface area contributed by atoms with Gasteiger partial charge in [0.25, 0.3) is 0 Å². The van der Waals surface area contributed by atoms with Crippen LogP contribution in [0.3, 0.4) is 0 Å². The van der Waals surface area contributed by atoms with Crippen LogP contribution >= 0.6 is 0 Å². The zero-order chi connectivity index (χ0) is 16.9. The first-order valence-electron chi connectivity index (χ1n) is 8.72. The number of carbonyl (C=O) groups excluding carboxylic acids is 1. The number of hydrogen-bond donors (Lipinski definition) is 1. The predicted molar refractivity (Wildman–Crippen MR) is 95.1 cm³/mol. The standard InChI is InChI=1S/C20H30O3/c1-3-4-5-6-7-8-12-18(21)13-10-9-11-17-14-15-19(22)20(16-17)23-2/h10,13-16,22H,3-9,11-12H2,1-2H3. The number of ether oxygens (including phenoxy) is 1. The minimum Gasteiger partial charge on any atom is -0.504 e. The Bertz CT molecular complexity index is 492. The minimum absolute atomic E-state index is 0.154. The smallest absolute Gasteiger partial charge is 0.160 e. The van der Waals surface area contributed by atoms with Crippen molar-refractivity contribution in [1.82, 2.24) is 0 Å². The monoisotopic (exact) mass is 318 g/mol. The highest BCUT2D eigenvalue weighted by Gasteiger charge is 2.02. The zero-order valence-electron chi connectivity index (χ0n) is 14.5. The molecule has 1 aromatic rings. The van der Waals surface area contributed by atoms with Gasteiger partial charge in [-0.3, -0.25) is 4.79 Å². The Hall–Kier alpha value is -1.77. The molecule has 128 valence electrons. The second kappa shape index (κ2) is 11.8. The van der Waals surface area contributed by atoms with E-state index in [0.29, 0.717) is 12.2 Å². The summed E-state index contributed by atoms with van der Waals surface area (Å²) < 4.78 is 5.09. The Morgan fingerprint density at radius 1 is 1.17 bits per heavy atom. The van der Waals surface area contributed by atoms with Gasteiger partial charge in [0.2, 0.25) is 0 Å². The lowest BCUT2D eigenvalue weighted by Crippen LogP contribution is -1.93. The van der Waals surface area contributed by atoms with Crippen molar-refractivity contribution in [1.29, 1.82) is 0 Å². The predicted octanol–water partition coefficient (Wildman–Crippen LogP) is 5.21. The van der Waals surface area contributed by atoms with Gasteiger partial charge in [-0.25, -0.2) is 0 Å². The molecule has 23 heavy (non-hydrogen) atoms. The van der Waals surface area contributed by atoms with Crippen LogP contribution in [0.25, 0.3) is 0 Å². The van der Waals surface area contributed by atoms with Crippen LogP contribution in [-0.4, -0.2) is 18.0 Å². The van der Waals surface area contributed by atoms with E-state index in [-0.39, 0.29) is 11.5 Å². The lowest BCUT2D eigenvalue weighted by atomic mass is 10.1. The van der Waals surface area contributed by atoms with Gasteiger partial charge in [-0.1, -0.05) is 51.2 Å². The summed E-state index contributed by atoms with van der Waals surface area (Å²) in [5, 5.41) is 9.55. The lowest BCUT2D eigenvalue weighted by Gasteiger charge is -2.05. The Balaban J connectivity index is 2.19. The third-order valence-electron chi connectivity index (χ3n) is 3.92. The highest BCUT2D eigenvalue weighted by atomic mass is 16.5. The third kappa shape index (κ3) is 8.44. The number of benzene rings is 1. The van der Waals surface area contributed by atoms with E-state index in [1.807, 2.05) is 18.2 Å². The third-order valence-corrected chi connectivity index (χ3v) is 3.92.